The topological polar surface area (TPSA) is 40.8 Å². The second-order valence-electron chi connectivity index (χ2n) is 5.31. The van der Waals surface area contributed by atoms with Crippen LogP contribution in [0.4, 0.5) is 11.4 Å². The predicted molar refractivity (Wildman–Crippen MR) is 78.4 cm³/mol. The Balaban J connectivity index is 1.65. The van der Waals surface area contributed by atoms with Gasteiger partial charge in [-0.3, -0.25) is 0 Å². The van der Waals surface area contributed by atoms with Crippen LogP contribution in [-0.2, 0) is 14.2 Å². The standard InChI is InChI=1S/C15H22N2O3/c1-16(15-11-20-15)12-3-5-13(6-4-12)17(7-8-18-2)9-14-10-19-14/h3-6,14-15H,7-11H2,1-2H3. The van der Waals surface area contributed by atoms with Gasteiger partial charge in [0.1, 0.15) is 0 Å². The van der Waals surface area contributed by atoms with Gasteiger partial charge in [-0.15, -0.1) is 0 Å². The minimum atomic E-state index is 0.255. The minimum absolute atomic E-state index is 0.255. The van der Waals surface area contributed by atoms with Crippen molar-refractivity contribution in [3.8, 4) is 0 Å². The molecule has 2 saturated heterocycles. The summed E-state index contributed by atoms with van der Waals surface area (Å²) in [5.41, 5.74) is 2.40. The maximum Gasteiger partial charge on any atom is 0.153 e. The fraction of sp³-hybridized carbons (Fsp3) is 0.600. The zero-order valence-electron chi connectivity index (χ0n) is 12.1. The lowest BCUT2D eigenvalue weighted by atomic mass is 10.2. The number of likely N-dealkylation sites (N-methyl/N-ethyl adjacent to an activating group) is 1. The van der Waals surface area contributed by atoms with Crippen LogP contribution in [-0.4, -0.2) is 59.4 Å². The monoisotopic (exact) mass is 278 g/mol. The van der Waals surface area contributed by atoms with Crippen molar-refractivity contribution in [1.29, 1.82) is 0 Å². The molecular weight excluding hydrogens is 256 g/mol. The van der Waals surface area contributed by atoms with Crippen LogP contribution in [0.1, 0.15) is 0 Å². The highest BCUT2D eigenvalue weighted by Crippen LogP contribution is 2.26. The van der Waals surface area contributed by atoms with E-state index in [2.05, 4.69) is 41.1 Å². The molecule has 1 aromatic rings. The molecule has 0 aliphatic carbocycles. The highest BCUT2D eigenvalue weighted by Gasteiger charge is 2.28. The number of nitrogens with zero attached hydrogens (tertiary/aromatic N) is 2. The van der Waals surface area contributed by atoms with Crippen molar-refractivity contribution < 1.29 is 14.2 Å². The van der Waals surface area contributed by atoms with Crippen molar-refractivity contribution in [3.63, 3.8) is 0 Å². The maximum absolute atomic E-state index is 5.33. The van der Waals surface area contributed by atoms with Gasteiger partial charge in [0, 0.05) is 38.6 Å². The lowest BCUT2D eigenvalue weighted by Crippen LogP contribution is -2.31. The Labute approximate surface area is 120 Å². The zero-order chi connectivity index (χ0) is 13.9. The fourth-order valence-electron chi connectivity index (χ4n) is 2.28. The maximum atomic E-state index is 5.33. The molecule has 5 nitrogen and oxygen atoms in total. The van der Waals surface area contributed by atoms with Crippen molar-refractivity contribution in [1.82, 2.24) is 0 Å². The summed E-state index contributed by atoms with van der Waals surface area (Å²) in [5.74, 6) is 0. The third-order valence-electron chi connectivity index (χ3n) is 3.76. The van der Waals surface area contributed by atoms with Gasteiger partial charge in [-0.25, -0.2) is 0 Å². The van der Waals surface area contributed by atoms with Crippen LogP contribution in [0, 0.1) is 0 Å². The smallest absolute Gasteiger partial charge is 0.153 e. The van der Waals surface area contributed by atoms with Crippen LogP contribution in [0.5, 0.6) is 0 Å². The Morgan fingerprint density at radius 3 is 2.35 bits per heavy atom. The normalized spacial score (nSPS) is 23.5. The lowest BCUT2D eigenvalue weighted by molar-refractivity contribution is 0.204. The van der Waals surface area contributed by atoms with Gasteiger partial charge < -0.3 is 24.0 Å². The Bertz CT molecular complexity index is 429. The molecule has 2 atom stereocenters. The molecule has 2 aliphatic rings. The third-order valence-corrected chi connectivity index (χ3v) is 3.76. The lowest BCUT2D eigenvalue weighted by Gasteiger charge is -2.25. The number of hydrogen-bond donors (Lipinski definition) is 0. The van der Waals surface area contributed by atoms with Crippen LogP contribution in [0.15, 0.2) is 24.3 Å². The fourth-order valence-corrected chi connectivity index (χ4v) is 2.28. The van der Waals surface area contributed by atoms with E-state index >= 15 is 0 Å². The molecule has 0 amide bonds. The quantitative estimate of drug-likeness (QED) is 0.671. The minimum Gasteiger partial charge on any atom is -0.383 e. The van der Waals surface area contributed by atoms with Crippen molar-refractivity contribution in [3.05, 3.63) is 24.3 Å². The van der Waals surface area contributed by atoms with E-state index in [0.29, 0.717) is 6.10 Å². The second kappa shape index (κ2) is 5.99. The van der Waals surface area contributed by atoms with E-state index in [1.165, 1.54) is 11.4 Å². The van der Waals surface area contributed by atoms with E-state index < -0.39 is 0 Å². The molecular formula is C15H22N2O3. The molecule has 0 spiro atoms. The first-order chi connectivity index (χ1) is 9.78. The molecule has 2 heterocycles. The van der Waals surface area contributed by atoms with Crippen molar-refractivity contribution in [2.75, 3.05) is 56.9 Å². The molecule has 2 fully saturated rings. The Morgan fingerprint density at radius 2 is 1.80 bits per heavy atom. The van der Waals surface area contributed by atoms with Crippen LogP contribution in [0.25, 0.3) is 0 Å². The molecule has 0 saturated carbocycles. The van der Waals surface area contributed by atoms with E-state index in [1.807, 2.05) is 0 Å². The molecule has 2 aliphatic heterocycles. The first-order valence-electron chi connectivity index (χ1n) is 7.08. The van der Waals surface area contributed by atoms with Gasteiger partial charge in [0.2, 0.25) is 0 Å². The number of ether oxygens (including phenoxy) is 3. The van der Waals surface area contributed by atoms with Crippen molar-refractivity contribution >= 4 is 11.4 Å². The molecule has 110 valence electrons. The van der Waals surface area contributed by atoms with Crippen molar-refractivity contribution in [2.45, 2.75) is 12.3 Å². The summed E-state index contributed by atoms with van der Waals surface area (Å²) in [5, 5.41) is 0. The molecule has 5 heteroatoms. The number of rotatable bonds is 8. The molecule has 3 rings (SSSR count). The SMILES string of the molecule is COCCN(CC1CO1)c1ccc(N(C)C2CO2)cc1. The summed E-state index contributed by atoms with van der Waals surface area (Å²) in [7, 11) is 3.80. The number of epoxide rings is 2. The summed E-state index contributed by atoms with van der Waals surface area (Å²) < 4.78 is 15.8. The number of hydrogen-bond acceptors (Lipinski definition) is 5. The third kappa shape index (κ3) is 3.42. The summed E-state index contributed by atoms with van der Waals surface area (Å²) in [6.45, 7) is 4.26. The van der Waals surface area contributed by atoms with Gasteiger partial charge >= 0.3 is 0 Å². The average molecular weight is 278 g/mol. The Morgan fingerprint density at radius 1 is 1.15 bits per heavy atom. The highest BCUT2D eigenvalue weighted by atomic mass is 16.6. The number of benzene rings is 1. The van der Waals surface area contributed by atoms with Crippen LogP contribution in [0.2, 0.25) is 0 Å². The molecule has 20 heavy (non-hydrogen) atoms. The summed E-state index contributed by atoms with van der Waals surface area (Å²) in [6.07, 6.45) is 0.638. The molecule has 0 N–H and O–H groups in total. The number of methoxy groups -OCH3 is 1. The number of anilines is 2. The highest BCUT2D eigenvalue weighted by molar-refractivity contribution is 5.56. The van der Waals surface area contributed by atoms with E-state index in [0.717, 1.165) is 32.9 Å². The summed E-state index contributed by atoms with van der Waals surface area (Å²) in [4.78, 5) is 4.48. The molecule has 2 unspecified atom stereocenters. The van der Waals surface area contributed by atoms with Gasteiger partial charge in [0.15, 0.2) is 6.23 Å². The second-order valence-corrected chi connectivity index (χ2v) is 5.31. The molecule has 0 bridgehead atoms. The summed E-state index contributed by atoms with van der Waals surface area (Å²) >= 11 is 0. The largest absolute Gasteiger partial charge is 0.383 e. The van der Waals surface area contributed by atoms with Crippen LogP contribution < -0.4 is 9.80 Å². The molecule has 0 radical (unpaired) electrons. The van der Waals surface area contributed by atoms with E-state index in [1.54, 1.807) is 7.11 Å². The van der Waals surface area contributed by atoms with Gasteiger partial charge in [-0.05, 0) is 24.3 Å². The average Bonchev–Trinajstić information content (AvgIpc) is 3.36. The van der Waals surface area contributed by atoms with E-state index in [-0.39, 0.29) is 6.23 Å². The Kier molecular flexibility index (Phi) is 4.10. The molecule has 0 aromatic heterocycles. The van der Waals surface area contributed by atoms with E-state index in [4.69, 9.17) is 14.2 Å². The Hall–Kier alpha value is -1.30. The van der Waals surface area contributed by atoms with E-state index in [9.17, 15) is 0 Å². The van der Waals surface area contributed by atoms with Gasteiger partial charge in [-0.2, -0.15) is 0 Å². The van der Waals surface area contributed by atoms with Crippen molar-refractivity contribution in [2.24, 2.45) is 0 Å². The van der Waals surface area contributed by atoms with Gasteiger partial charge in [0.25, 0.3) is 0 Å². The first-order valence-corrected chi connectivity index (χ1v) is 7.08. The summed E-state index contributed by atoms with van der Waals surface area (Å²) in [6, 6.07) is 8.60. The zero-order valence-corrected chi connectivity index (χ0v) is 12.1. The van der Waals surface area contributed by atoms with Crippen LogP contribution >= 0.6 is 0 Å². The van der Waals surface area contributed by atoms with Gasteiger partial charge in [0.05, 0.1) is 25.9 Å². The van der Waals surface area contributed by atoms with Gasteiger partial charge in [-0.1, -0.05) is 0 Å². The molecule has 1 aromatic carbocycles. The first kappa shape index (κ1) is 13.7. The van der Waals surface area contributed by atoms with Crippen LogP contribution in [0.3, 0.4) is 0 Å². The predicted octanol–water partition coefficient (Wildman–Crippen LogP) is 1.33.